The molecule has 1 saturated heterocycles. The Hall–Kier alpha value is -1.43. The van der Waals surface area contributed by atoms with Crippen LogP contribution in [0.15, 0.2) is 18.2 Å². The second-order valence-electron chi connectivity index (χ2n) is 5.63. The molecule has 5 heteroatoms. The molecule has 1 aromatic carbocycles. The Bertz CT molecular complexity index is 464. The molecule has 1 heterocycles. The van der Waals surface area contributed by atoms with Crippen LogP contribution in [0.5, 0.6) is 0 Å². The zero-order valence-corrected chi connectivity index (χ0v) is 12.8. The minimum atomic E-state index is -0.669. The quantitative estimate of drug-likeness (QED) is 0.842. The van der Waals surface area contributed by atoms with Crippen LogP contribution in [0.2, 0.25) is 0 Å². The number of aliphatic hydroxyl groups is 1. The van der Waals surface area contributed by atoms with Gasteiger partial charge in [0.2, 0.25) is 5.91 Å². The Kier molecular flexibility index (Phi) is 5.73. The molecule has 1 fully saturated rings. The number of carbonyl (C=O) groups excluding carboxylic acids is 1. The molecule has 1 amide bonds. The number of aryl methyl sites for hydroxylation is 2. The lowest BCUT2D eigenvalue weighted by atomic mass is 10.0. The average molecular weight is 292 g/mol. The van der Waals surface area contributed by atoms with Gasteiger partial charge in [0.25, 0.3) is 0 Å². The highest BCUT2D eigenvalue weighted by atomic mass is 16.5. The van der Waals surface area contributed by atoms with E-state index in [9.17, 15) is 9.90 Å². The summed E-state index contributed by atoms with van der Waals surface area (Å²) in [5.74, 6) is -0.0553. The first-order chi connectivity index (χ1) is 10.0. The zero-order chi connectivity index (χ0) is 15.2. The molecular formula is C16H24N2O3. The van der Waals surface area contributed by atoms with Gasteiger partial charge in [0.05, 0.1) is 25.9 Å². The van der Waals surface area contributed by atoms with Crippen LogP contribution < -0.4 is 5.32 Å². The summed E-state index contributed by atoms with van der Waals surface area (Å²) in [7, 11) is 0. The Balaban J connectivity index is 1.79. The first-order valence-electron chi connectivity index (χ1n) is 7.37. The molecule has 1 aliphatic heterocycles. The number of hydrogen-bond acceptors (Lipinski definition) is 4. The summed E-state index contributed by atoms with van der Waals surface area (Å²) in [6.45, 7) is 7.53. The summed E-state index contributed by atoms with van der Waals surface area (Å²) in [6.07, 6.45) is -0.669. The van der Waals surface area contributed by atoms with E-state index in [4.69, 9.17) is 4.74 Å². The SMILES string of the molecule is Cc1cc(C)cc([C@@H](O)CNC(=O)CN2CCOCC2)c1. The monoisotopic (exact) mass is 292 g/mol. The van der Waals surface area contributed by atoms with Crippen LogP contribution in [0.25, 0.3) is 0 Å². The lowest BCUT2D eigenvalue weighted by molar-refractivity contribution is -0.123. The van der Waals surface area contributed by atoms with Crippen LogP contribution in [-0.4, -0.2) is 55.3 Å². The summed E-state index contributed by atoms with van der Waals surface area (Å²) in [5, 5.41) is 13.0. The molecule has 0 radical (unpaired) electrons. The van der Waals surface area contributed by atoms with Crippen molar-refractivity contribution in [1.29, 1.82) is 0 Å². The minimum Gasteiger partial charge on any atom is -0.387 e. The molecule has 0 aliphatic carbocycles. The fourth-order valence-corrected chi connectivity index (χ4v) is 2.55. The zero-order valence-electron chi connectivity index (χ0n) is 12.8. The van der Waals surface area contributed by atoms with Gasteiger partial charge >= 0.3 is 0 Å². The van der Waals surface area contributed by atoms with Gasteiger partial charge in [-0.2, -0.15) is 0 Å². The van der Waals surface area contributed by atoms with Crippen molar-refractivity contribution in [2.75, 3.05) is 39.4 Å². The van der Waals surface area contributed by atoms with Crippen LogP contribution in [0.1, 0.15) is 22.8 Å². The van der Waals surface area contributed by atoms with Crippen molar-refractivity contribution in [2.24, 2.45) is 0 Å². The fourth-order valence-electron chi connectivity index (χ4n) is 2.55. The first-order valence-corrected chi connectivity index (χ1v) is 7.37. The normalized spacial score (nSPS) is 17.5. The van der Waals surface area contributed by atoms with E-state index in [1.165, 1.54) is 0 Å². The molecule has 0 unspecified atom stereocenters. The molecule has 0 bridgehead atoms. The molecular weight excluding hydrogens is 268 g/mol. The number of hydrogen-bond donors (Lipinski definition) is 2. The topological polar surface area (TPSA) is 61.8 Å². The van der Waals surface area contributed by atoms with Crippen molar-refractivity contribution >= 4 is 5.91 Å². The van der Waals surface area contributed by atoms with Gasteiger partial charge < -0.3 is 15.2 Å². The Morgan fingerprint density at radius 3 is 2.52 bits per heavy atom. The summed E-state index contributed by atoms with van der Waals surface area (Å²) < 4.78 is 5.25. The van der Waals surface area contributed by atoms with E-state index in [-0.39, 0.29) is 12.5 Å². The number of morpholine rings is 1. The van der Waals surface area contributed by atoms with E-state index in [0.29, 0.717) is 19.8 Å². The molecule has 21 heavy (non-hydrogen) atoms. The predicted octanol–water partition coefficient (Wildman–Crippen LogP) is 0.785. The van der Waals surface area contributed by atoms with E-state index in [1.807, 2.05) is 26.0 Å². The molecule has 0 aromatic heterocycles. The molecule has 0 saturated carbocycles. The van der Waals surface area contributed by atoms with E-state index in [1.54, 1.807) is 0 Å². The third-order valence-corrected chi connectivity index (χ3v) is 3.59. The van der Waals surface area contributed by atoms with Crippen LogP contribution in [0.3, 0.4) is 0 Å². The number of carbonyl (C=O) groups is 1. The summed E-state index contributed by atoms with van der Waals surface area (Å²) in [4.78, 5) is 13.9. The highest BCUT2D eigenvalue weighted by molar-refractivity contribution is 5.78. The predicted molar refractivity (Wildman–Crippen MR) is 81.1 cm³/mol. The van der Waals surface area contributed by atoms with Crippen LogP contribution in [-0.2, 0) is 9.53 Å². The van der Waals surface area contributed by atoms with Gasteiger partial charge in [0, 0.05) is 19.6 Å². The number of nitrogens with zero attached hydrogens (tertiary/aromatic N) is 1. The Morgan fingerprint density at radius 2 is 1.90 bits per heavy atom. The van der Waals surface area contributed by atoms with Gasteiger partial charge in [0.1, 0.15) is 0 Å². The maximum atomic E-state index is 11.9. The number of benzene rings is 1. The van der Waals surface area contributed by atoms with Gasteiger partial charge in [-0.15, -0.1) is 0 Å². The van der Waals surface area contributed by atoms with Gasteiger partial charge in [0.15, 0.2) is 0 Å². The molecule has 1 atom stereocenters. The largest absolute Gasteiger partial charge is 0.387 e. The van der Waals surface area contributed by atoms with Gasteiger partial charge in [-0.3, -0.25) is 9.69 Å². The number of amides is 1. The van der Waals surface area contributed by atoms with Crippen LogP contribution >= 0.6 is 0 Å². The molecule has 1 aliphatic rings. The molecule has 5 nitrogen and oxygen atoms in total. The summed E-state index contributed by atoms with van der Waals surface area (Å²) in [6, 6.07) is 5.96. The van der Waals surface area contributed by atoms with Crippen molar-refractivity contribution in [3.63, 3.8) is 0 Å². The number of rotatable bonds is 5. The minimum absolute atomic E-state index is 0.0553. The highest BCUT2D eigenvalue weighted by Gasteiger charge is 2.15. The average Bonchev–Trinajstić information content (AvgIpc) is 2.45. The van der Waals surface area contributed by atoms with E-state index < -0.39 is 6.10 Å². The van der Waals surface area contributed by atoms with Crippen molar-refractivity contribution in [3.8, 4) is 0 Å². The smallest absolute Gasteiger partial charge is 0.234 e. The van der Waals surface area contributed by atoms with Crippen LogP contribution in [0, 0.1) is 13.8 Å². The van der Waals surface area contributed by atoms with E-state index >= 15 is 0 Å². The maximum absolute atomic E-state index is 11.9. The third kappa shape index (κ3) is 5.12. The Labute approximate surface area is 125 Å². The van der Waals surface area contributed by atoms with Crippen LogP contribution in [0.4, 0.5) is 0 Å². The molecule has 0 spiro atoms. The molecule has 116 valence electrons. The van der Waals surface area contributed by atoms with Gasteiger partial charge in [-0.05, 0) is 19.4 Å². The highest BCUT2D eigenvalue weighted by Crippen LogP contribution is 2.16. The van der Waals surface area contributed by atoms with Gasteiger partial charge in [-0.1, -0.05) is 29.3 Å². The number of nitrogens with one attached hydrogen (secondary N) is 1. The van der Waals surface area contributed by atoms with E-state index in [0.717, 1.165) is 29.8 Å². The third-order valence-electron chi connectivity index (χ3n) is 3.59. The number of aliphatic hydroxyl groups excluding tert-OH is 1. The second-order valence-corrected chi connectivity index (χ2v) is 5.63. The Morgan fingerprint density at radius 1 is 1.29 bits per heavy atom. The molecule has 2 N–H and O–H groups in total. The lowest BCUT2D eigenvalue weighted by Crippen LogP contribution is -2.43. The lowest BCUT2D eigenvalue weighted by Gasteiger charge is -2.26. The van der Waals surface area contributed by atoms with Crippen molar-refractivity contribution in [2.45, 2.75) is 20.0 Å². The number of ether oxygens (including phenoxy) is 1. The van der Waals surface area contributed by atoms with Gasteiger partial charge in [-0.25, -0.2) is 0 Å². The molecule has 1 aromatic rings. The maximum Gasteiger partial charge on any atom is 0.234 e. The standard InChI is InChI=1S/C16H24N2O3/c1-12-7-13(2)9-14(8-12)15(19)10-17-16(20)11-18-3-5-21-6-4-18/h7-9,15,19H,3-6,10-11H2,1-2H3,(H,17,20)/t15-/m0/s1. The summed E-state index contributed by atoms with van der Waals surface area (Å²) >= 11 is 0. The van der Waals surface area contributed by atoms with E-state index in [2.05, 4.69) is 16.3 Å². The molecule has 2 rings (SSSR count). The summed E-state index contributed by atoms with van der Waals surface area (Å²) in [5.41, 5.74) is 3.08. The second kappa shape index (κ2) is 7.54. The first kappa shape index (κ1) is 15.9. The van der Waals surface area contributed by atoms with Crippen molar-refractivity contribution in [3.05, 3.63) is 34.9 Å². The fraction of sp³-hybridized carbons (Fsp3) is 0.562. The van der Waals surface area contributed by atoms with Crippen molar-refractivity contribution < 1.29 is 14.6 Å². The van der Waals surface area contributed by atoms with Crippen molar-refractivity contribution in [1.82, 2.24) is 10.2 Å².